The highest BCUT2D eigenvalue weighted by Crippen LogP contribution is 2.43. The van der Waals surface area contributed by atoms with Crippen molar-refractivity contribution in [1.82, 2.24) is 9.13 Å². The van der Waals surface area contributed by atoms with Crippen LogP contribution in [0.2, 0.25) is 0 Å². The highest BCUT2D eigenvalue weighted by molar-refractivity contribution is 7.25. The van der Waals surface area contributed by atoms with Gasteiger partial charge in [-0.3, -0.25) is 0 Å². The van der Waals surface area contributed by atoms with Crippen LogP contribution in [0.15, 0.2) is 194 Å². The number of hydrogen-bond donors (Lipinski definition) is 0. The monoisotopic (exact) mass is 716 g/mol. The lowest BCUT2D eigenvalue weighted by Crippen LogP contribution is -1.94. The largest absolute Gasteiger partial charge is 0.309 e. The Morgan fingerprint density at radius 2 is 0.945 bits per heavy atom. The lowest BCUT2D eigenvalue weighted by atomic mass is 9.97. The SMILES string of the molecule is c1ccc(-c2cccc3c2c2cc(-c4ccc5c(c4)c4cc6ccccc6cc4n5-c4ccc5sc6ccccc6c5c4)ccc2n3-c2ccccc2)cc1. The fourth-order valence-corrected chi connectivity index (χ4v) is 10.1. The Bertz CT molecular complexity index is 3470. The topological polar surface area (TPSA) is 9.86 Å². The minimum absolute atomic E-state index is 1.16. The molecule has 0 radical (unpaired) electrons. The minimum Gasteiger partial charge on any atom is -0.309 e. The molecule has 2 nitrogen and oxygen atoms in total. The Hall–Kier alpha value is -6.94. The van der Waals surface area contributed by atoms with E-state index in [0.717, 1.165) is 5.69 Å². The van der Waals surface area contributed by atoms with E-state index in [9.17, 15) is 0 Å². The van der Waals surface area contributed by atoms with Gasteiger partial charge in [-0.1, -0.05) is 115 Å². The van der Waals surface area contributed by atoms with E-state index >= 15 is 0 Å². The first-order chi connectivity index (χ1) is 27.3. The van der Waals surface area contributed by atoms with Gasteiger partial charge in [-0.15, -0.1) is 11.3 Å². The Morgan fingerprint density at radius 1 is 0.309 bits per heavy atom. The first-order valence-corrected chi connectivity index (χ1v) is 19.7. The maximum atomic E-state index is 2.47. The van der Waals surface area contributed by atoms with E-state index in [1.54, 1.807) is 0 Å². The molecule has 0 bridgehead atoms. The quantitative estimate of drug-likeness (QED) is 0.172. The van der Waals surface area contributed by atoms with Crippen molar-refractivity contribution in [2.45, 2.75) is 0 Å². The molecule has 12 aromatic rings. The van der Waals surface area contributed by atoms with Gasteiger partial charge < -0.3 is 9.13 Å². The van der Waals surface area contributed by atoms with Gasteiger partial charge in [0, 0.05) is 53.1 Å². The van der Waals surface area contributed by atoms with Crippen molar-refractivity contribution in [3.8, 4) is 33.6 Å². The van der Waals surface area contributed by atoms with Crippen LogP contribution >= 0.6 is 11.3 Å². The van der Waals surface area contributed by atoms with Crippen molar-refractivity contribution in [3.63, 3.8) is 0 Å². The molecule has 3 heterocycles. The van der Waals surface area contributed by atoms with E-state index in [-0.39, 0.29) is 0 Å². The van der Waals surface area contributed by atoms with Crippen LogP contribution in [-0.2, 0) is 0 Å². The van der Waals surface area contributed by atoms with Gasteiger partial charge in [0.1, 0.15) is 0 Å². The van der Waals surface area contributed by atoms with Crippen LogP contribution in [0, 0.1) is 0 Å². The summed E-state index contributed by atoms with van der Waals surface area (Å²) in [6, 6.07) is 71.5. The molecule has 0 saturated carbocycles. The van der Waals surface area contributed by atoms with Crippen LogP contribution in [0.25, 0.3) is 108 Å². The van der Waals surface area contributed by atoms with E-state index in [1.807, 2.05) is 11.3 Å². The normalized spacial score (nSPS) is 12.0. The molecule has 55 heavy (non-hydrogen) atoms. The maximum absolute atomic E-state index is 2.47. The minimum atomic E-state index is 1.16. The second-order valence-corrected chi connectivity index (χ2v) is 15.6. The molecule has 12 rings (SSSR count). The molecule has 256 valence electrons. The Morgan fingerprint density at radius 3 is 1.76 bits per heavy atom. The zero-order valence-electron chi connectivity index (χ0n) is 29.8. The van der Waals surface area contributed by atoms with Gasteiger partial charge >= 0.3 is 0 Å². The summed E-state index contributed by atoms with van der Waals surface area (Å²) in [6.07, 6.45) is 0. The summed E-state index contributed by atoms with van der Waals surface area (Å²) >= 11 is 1.87. The summed E-state index contributed by atoms with van der Waals surface area (Å²) in [7, 11) is 0. The summed E-state index contributed by atoms with van der Waals surface area (Å²) < 4.78 is 7.52. The summed E-state index contributed by atoms with van der Waals surface area (Å²) in [5.74, 6) is 0. The first-order valence-electron chi connectivity index (χ1n) is 18.8. The number of nitrogens with zero attached hydrogens (tertiary/aromatic N) is 2. The van der Waals surface area contributed by atoms with E-state index < -0.39 is 0 Å². The fraction of sp³-hybridized carbons (Fsp3) is 0. The summed E-state index contributed by atoms with van der Waals surface area (Å²) in [5, 5.41) is 10.2. The van der Waals surface area contributed by atoms with Crippen molar-refractivity contribution in [3.05, 3.63) is 194 Å². The van der Waals surface area contributed by atoms with Gasteiger partial charge in [-0.05, 0) is 112 Å². The zero-order chi connectivity index (χ0) is 36.0. The van der Waals surface area contributed by atoms with Crippen LogP contribution in [0.4, 0.5) is 0 Å². The molecule has 0 aliphatic rings. The maximum Gasteiger partial charge on any atom is 0.0547 e. The Kier molecular flexibility index (Phi) is 6.54. The van der Waals surface area contributed by atoms with Crippen molar-refractivity contribution in [2.24, 2.45) is 0 Å². The number of hydrogen-bond acceptors (Lipinski definition) is 1. The smallest absolute Gasteiger partial charge is 0.0547 e. The van der Waals surface area contributed by atoms with Gasteiger partial charge in [0.15, 0.2) is 0 Å². The Balaban J connectivity index is 1.11. The first kappa shape index (κ1) is 30.5. The highest BCUT2D eigenvalue weighted by atomic mass is 32.1. The molecule has 0 unspecified atom stereocenters. The number of benzene rings is 9. The van der Waals surface area contributed by atoms with Gasteiger partial charge in [0.2, 0.25) is 0 Å². The third kappa shape index (κ3) is 4.60. The lowest BCUT2D eigenvalue weighted by Gasteiger charge is -2.10. The van der Waals surface area contributed by atoms with Crippen molar-refractivity contribution in [2.75, 3.05) is 0 Å². The molecule has 0 amide bonds. The molecular formula is C52H32N2S. The van der Waals surface area contributed by atoms with Crippen LogP contribution in [0.1, 0.15) is 0 Å². The second kappa shape index (κ2) is 11.8. The number of rotatable bonds is 4. The standard InChI is InChI=1S/C52H32N2S/c1-3-12-33(13-4-1)40-19-11-20-48-52(40)45-30-37(23-26-47(45)53(48)38-16-5-2-6-17-38)36-22-25-46-42(29-36)43-28-34-14-7-8-15-35(34)31-49(43)54(46)39-24-27-51-44(32-39)41-18-9-10-21-50(41)55-51/h1-32H. The molecule has 0 aliphatic heterocycles. The van der Waals surface area contributed by atoms with Crippen molar-refractivity contribution >= 4 is 85.9 Å². The number of thiophene rings is 1. The summed E-state index contributed by atoms with van der Waals surface area (Å²) in [5.41, 5.74) is 12.1. The fourth-order valence-electron chi connectivity index (χ4n) is 8.98. The third-order valence-electron chi connectivity index (χ3n) is 11.5. The number of aromatic nitrogens is 2. The molecule has 0 aliphatic carbocycles. The molecule has 9 aromatic carbocycles. The van der Waals surface area contributed by atoms with E-state index in [2.05, 4.69) is 203 Å². The lowest BCUT2D eigenvalue weighted by molar-refractivity contribution is 1.18. The van der Waals surface area contributed by atoms with E-state index in [1.165, 1.54) is 102 Å². The molecule has 0 atom stereocenters. The third-order valence-corrected chi connectivity index (χ3v) is 12.6. The predicted octanol–water partition coefficient (Wildman–Crippen LogP) is 14.7. The van der Waals surface area contributed by atoms with Gasteiger partial charge in [-0.25, -0.2) is 0 Å². The van der Waals surface area contributed by atoms with Gasteiger partial charge in [0.25, 0.3) is 0 Å². The van der Waals surface area contributed by atoms with E-state index in [4.69, 9.17) is 0 Å². The van der Waals surface area contributed by atoms with Crippen molar-refractivity contribution < 1.29 is 0 Å². The predicted molar refractivity (Wildman–Crippen MR) is 236 cm³/mol. The van der Waals surface area contributed by atoms with Crippen LogP contribution in [0.5, 0.6) is 0 Å². The van der Waals surface area contributed by atoms with Gasteiger partial charge in [-0.2, -0.15) is 0 Å². The number of fused-ring (bicyclic) bond motifs is 10. The Labute approximate surface area is 321 Å². The molecular weight excluding hydrogens is 685 g/mol. The molecule has 0 spiro atoms. The summed E-state index contributed by atoms with van der Waals surface area (Å²) in [4.78, 5) is 0. The van der Waals surface area contributed by atoms with Crippen molar-refractivity contribution in [1.29, 1.82) is 0 Å². The average Bonchev–Trinajstić information content (AvgIpc) is 3.90. The van der Waals surface area contributed by atoms with Crippen LogP contribution in [0.3, 0.4) is 0 Å². The van der Waals surface area contributed by atoms with E-state index in [0.29, 0.717) is 0 Å². The molecule has 0 N–H and O–H groups in total. The molecule has 0 fully saturated rings. The molecule has 3 aromatic heterocycles. The van der Waals surface area contributed by atoms with Gasteiger partial charge in [0.05, 0.1) is 22.1 Å². The zero-order valence-corrected chi connectivity index (χ0v) is 30.6. The molecule has 3 heteroatoms. The average molecular weight is 717 g/mol. The van der Waals surface area contributed by atoms with Crippen LogP contribution in [-0.4, -0.2) is 9.13 Å². The highest BCUT2D eigenvalue weighted by Gasteiger charge is 2.19. The molecule has 0 saturated heterocycles. The van der Waals surface area contributed by atoms with Crippen LogP contribution < -0.4 is 0 Å². The number of para-hydroxylation sites is 1. The second-order valence-electron chi connectivity index (χ2n) is 14.5. The summed E-state index contributed by atoms with van der Waals surface area (Å²) in [6.45, 7) is 0.